The first-order valence-corrected chi connectivity index (χ1v) is 12.1. The first-order chi connectivity index (χ1) is 15.8. The molecule has 0 spiro atoms. The Balaban J connectivity index is 3.01. The number of rotatable bonds is 12. The van der Waals surface area contributed by atoms with E-state index in [1.165, 1.54) is 13.8 Å². The number of halogens is 7. The molecule has 0 saturated heterocycles. The van der Waals surface area contributed by atoms with Crippen LogP contribution in [0.4, 0.5) is 30.7 Å². The zero-order chi connectivity index (χ0) is 27.3. The fraction of sp³-hybridized carbons (Fsp3) is 0.895. The number of carbonyl (C=O) groups excluding carboxylic acids is 2. The molecule has 0 heterocycles. The van der Waals surface area contributed by atoms with E-state index < -0.39 is 83.1 Å². The van der Waals surface area contributed by atoms with Crippen molar-refractivity contribution in [3.8, 4) is 0 Å². The minimum atomic E-state index is -6.47. The van der Waals surface area contributed by atoms with Crippen LogP contribution in [0.3, 0.4) is 0 Å². The van der Waals surface area contributed by atoms with Crippen molar-refractivity contribution in [1.29, 1.82) is 0 Å². The molecule has 1 aliphatic rings. The summed E-state index contributed by atoms with van der Waals surface area (Å²) in [6.45, 7) is 1.23. The molecule has 1 aliphatic carbocycles. The van der Waals surface area contributed by atoms with Crippen molar-refractivity contribution in [2.24, 2.45) is 5.92 Å². The lowest BCUT2D eigenvalue weighted by molar-refractivity contribution is -0.357. The lowest BCUT2D eigenvalue weighted by atomic mass is 9.89. The zero-order valence-corrected chi connectivity index (χ0v) is 19.7. The molecule has 0 aromatic heterocycles. The Bertz CT molecular complexity index is 839. The lowest BCUT2D eigenvalue weighted by Crippen LogP contribution is -2.59. The van der Waals surface area contributed by atoms with Gasteiger partial charge in [-0.15, -0.1) is 0 Å². The summed E-state index contributed by atoms with van der Waals surface area (Å²) in [7, 11) is -6.47. The smallest absolute Gasteiger partial charge is 0.458 e. The van der Waals surface area contributed by atoms with E-state index in [9.17, 15) is 48.7 Å². The minimum absolute atomic E-state index is 0.211. The fourth-order valence-corrected chi connectivity index (χ4v) is 3.72. The van der Waals surface area contributed by atoms with Crippen LogP contribution in [0.25, 0.3) is 0 Å². The molecule has 1 fully saturated rings. The maximum Gasteiger partial charge on any atom is 0.468 e. The van der Waals surface area contributed by atoms with Gasteiger partial charge in [0.05, 0.1) is 18.6 Å². The number of ether oxygens (including phenoxy) is 3. The zero-order valence-electron chi connectivity index (χ0n) is 18.9. The molecule has 8 nitrogen and oxygen atoms in total. The average molecular weight is 548 g/mol. The topological polar surface area (TPSA) is 116 Å². The fourth-order valence-electron chi connectivity index (χ4n) is 3.24. The monoisotopic (exact) mass is 548 g/mol. The van der Waals surface area contributed by atoms with Gasteiger partial charge in [-0.05, 0) is 39.5 Å². The lowest BCUT2D eigenvalue weighted by Gasteiger charge is -2.34. The maximum absolute atomic E-state index is 14.0. The molecule has 35 heavy (non-hydrogen) atoms. The van der Waals surface area contributed by atoms with E-state index in [2.05, 4.69) is 14.2 Å². The van der Waals surface area contributed by atoms with Crippen LogP contribution in [-0.4, -0.2) is 60.8 Å². The van der Waals surface area contributed by atoms with Crippen molar-refractivity contribution in [2.45, 2.75) is 94.5 Å². The highest BCUT2D eigenvalue weighted by molar-refractivity contribution is 7.87. The molecular formula is C19H27F7O8S. The SMILES string of the molecule is CC(C)OC(=O)C(OCCCCC(F)(F)C(F)(F)S(=O)(=O)O)(OC(=O)C1CCCCC1)C(F)(F)F. The van der Waals surface area contributed by atoms with Gasteiger partial charge < -0.3 is 14.2 Å². The summed E-state index contributed by atoms with van der Waals surface area (Å²) in [4.78, 5) is 24.7. The van der Waals surface area contributed by atoms with Crippen LogP contribution >= 0.6 is 0 Å². The van der Waals surface area contributed by atoms with Crippen LogP contribution in [0.5, 0.6) is 0 Å². The van der Waals surface area contributed by atoms with Crippen LogP contribution in [0.15, 0.2) is 0 Å². The summed E-state index contributed by atoms with van der Waals surface area (Å²) in [6, 6.07) is 0. The normalized spacial score (nSPS) is 18.3. The molecule has 0 aliphatic heterocycles. The molecule has 0 radical (unpaired) electrons. The van der Waals surface area contributed by atoms with E-state index in [1.54, 1.807) is 0 Å². The van der Waals surface area contributed by atoms with E-state index in [4.69, 9.17) is 4.55 Å². The molecule has 1 unspecified atom stereocenters. The molecular weight excluding hydrogens is 521 g/mol. The van der Waals surface area contributed by atoms with Crippen molar-refractivity contribution in [2.75, 3.05) is 6.61 Å². The molecule has 1 atom stereocenters. The van der Waals surface area contributed by atoms with Crippen LogP contribution in [-0.2, 0) is 33.9 Å². The van der Waals surface area contributed by atoms with Crippen LogP contribution < -0.4 is 0 Å². The van der Waals surface area contributed by atoms with Gasteiger partial charge >= 0.3 is 45.2 Å². The predicted molar refractivity (Wildman–Crippen MR) is 104 cm³/mol. The number of hydrogen-bond donors (Lipinski definition) is 1. The number of esters is 2. The second-order valence-electron chi connectivity index (χ2n) is 8.33. The molecule has 206 valence electrons. The second-order valence-corrected chi connectivity index (χ2v) is 9.79. The van der Waals surface area contributed by atoms with Gasteiger partial charge in [0.25, 0.3) is 0 Å². The number of hydrogen-bond acceptors (Lipinski definition) is 7. The first kappa shape index (κ1) is 31.4. The van der Waals surface area contributed by atoms with Gasteiger partial charge in [0.15, 0.2) is 0 Å². The van der Waals surface area contributed by atoms with Gasteiger partial charge in [-0.2, -0.15) is 39.2 Å². The Labute approximate surface area is 197 Å². The van der Waals surface area contributed by atoms with Crippen LogP contribution in [0.1, 0.15) is 65.2 Å². The predicted octanol–water partition coefficient (Wildman–Crippen LogP) is 4.62. The standard InChI is InChI=1S/C19H27F7O8S/c1-12(2)33-15(28)17(18(22,23)24,34-14(27)13-8-4-3-5-9-13)32-11-7-6-10-16(20,21)19(25,26)35(29,30)31/h12-13H,3-11H2,1-2H3,(H,29,30,31). The largest absolute Gasteiger partial charge is 0.468 e. The minimum Gasteiger partial charge on any atom is -0.458 e. The highest BCUT2D eigenvalue weighted by Gasteiger charge is 2.68. The van der Waals surface area contributed by atoms with Gasteiger partial charge in [-0.1, -0.05) is 19.3 Å². The molecule has 0 aromatic carbocycles. The Morgan fingerprint density at radius 3 is 1.97 bits per heavy atom. The summed E-state index contributed by atoms with van der Waals surface area (Å²) < 4.78 is 138. The van der Waals surface area contributed by atoms with Gasteiger partial charge in [0, 0.05) is 6.42 Å². The Hall–Kier alpha value is -1.68. The summed E-state index contributed by atoms with van der Waals surface area (Å²) in [6.07, 6.45) is -8.19. The molecule has 0 amide bonds. The maximum atomic E-state index is 14.0. The Morgan fingerprint density at radius 1 is 0.971 bits per heavy atom. The van der Waals surface area contributed by atoms with Crippen molar-refractivity contribution in [3.05, 3.63) is 0 Å². The summed E-state index contributed by atoms with van der Waals surface area (Å²) >= 11 is 0. The molecule has 1 rings (SSSR count). The quantitative estimate of drug-likeness (QED) is 0.124. The van der Waals surface area contributed by atoms with Gasteiger partial charge in [-0.25, -0.2) is 4.79 Å². The Kier molecular flexibility index (Phi) is 10.4. The van der Waals surface area contributed by atoms with E-state index >= 15 is 0 Å². The van der Waals surface area contributed by atoms with Crippen LogP contribution in [0.2, 0.25) is 0 Å². The highest BCUT2D eigenvalue weighted by atomic mass is 32.2. The third-order valence-corrected chi connectivity index (χ3v) is 6.05. The molecule has 16 heteroatoms. The average Bonchev–Trinajstić information content (AvgIpc) is 2.70. The Morgan fingerprint density at radius 2 is 1.51 bits per heavy atom. The van der Waals surface area contributed by atoms with E-state index in [0.717, 1.165) is 6.42 Å². The van der Waals surface area contributed by atoms with E-state index in [1.807, 2.05) is 0 Å². The van der Waals surface area contributed by atoms with Crippen molar-refractivity contribution < 1.29 is 67.5 Å². The third kappa shape index (κ3) is 7.65. The summed E-state index contributed by atoms with van der Waals surface area (Å²) in [5.74, 6) is -13.9. The first-order valence-electron chi connectivity index (χ1n) is 10.7. The van der Waals surface area contributed by atoms with E-state index in [-0.39, 0.29) is 12.8 Å². The molecule has 1 N–H and O–H groups in total. The van der Waals surface area contributed by atoms with Gasteiger partial charge in [-0.3, -0.25) is 9.35 Å². The van der Waals surface area contributed by atoms with Gasteiger partial charge in [0.1, 0.15) is 0 Å². The number of carbonyl (C=O) groups is 2. The third-order valence-electron chi connectivity index (χ3n) is 5.11. The van der Waals surface area contributed by atoms with Crippen molar-refractivity contribution >= 4 is 22.1 Å². The van der Waals surface area contributed by atoms with Gasteiger partial charge in [0.2, 0.25) is 0 Å². The molecule has 0 bridgehead atoms. The highest BCUT2D eigenvalue weighted by Crippen LogP contribution is 2.42. The van der Waals surface area contributed by atoms with E-state index in [0.29, 0.717) is 12.8 Å². The number of unbranched alkanes of at least 4 members (excludes halogenated alkanes) is 1. The van der Waals surface area contributed by atoms with Crippen LogP contribution in [0, 0.1) is 5.92 Å². The van der Waals surface area contributed by atoms with Crippen molar-refractivity contribution in [3.63, 3.8) is 0 Å². The number of alkyl halides is 7. The van der Waals surface area contributed by atoms with Crippen molar-refractivity contribution in [1.82, 2.24) is 0 Å². The molecule has 0 aromatic rings. The second kappa shape index (κ2) is 11.6. The summed E-state index contributed by atoms with van der Waals surface area (Å²) in [5, 5.41) is -5.84. The summed E-state index contributed by atoms with van der Waals surface area (Å²) in [5.41, 5.74) is 0. The molecule has 1 saturated carbocycles.